The minimum atomic E-state index is -1.29. The van der Waals surface area contributed by atoms with E-state index in [1.807, 2.05) is 44.2 Å². The van der Waals surface area contributed by atoms with Crippen LogP contribution >= 0.6 is 0 Å². The Morgan fingerprint density at radius 3 is 1.16 bits per heavy atom. The molecule has 0 aromatic heterocycles. The molecule has 0 radical (unpaired) electrons. The lowest BCUT2D eigenvalue weighted by Crippen LogP contribution is -2.39. The monoisotopic (exact) mass is 811 g/mol. The van der Waals surface area contributed by atoms with Crippen LogP contribution in [0, 0.1) is 11.8 Å². The molecule has 8 unspecified atom stereocenters. The predicted octanol–water partition coefficient (Wildman–Crippen LogP) is -2.54. The van der Waals surface area contributed by atoms with Crippen LogP contribution in [0.1, 0.15) is 65.9 Å². The minimum Gasteiger partial charge on any atom is -0.481 e. The van der Waals surface area contributed by atoms with Crippen molar-refractivity contribution in [2.24, 2.45) is 52.0 Å². The molecular formula is C33H61N7O16. The van der Waals surface area contributed by atoms with Gasteiger partial charge in [0.25, 0.3) is 0 Å². The number of hydrogen-bond acceptors (Lipinski definition) is 15. The van der Waals surface area contributed by atoms with Gasteiger partial charge in [-0.05, 0) is 37.2 Å². The molecule has 0 saturated heterocycles. The highest BCUT2D eigenvalue weighted by Crippen LogP contribution is 2.04. The van der Waals surface area contributed by atoms with Crippen LogP contribution in [0.15, 0.2) is 30.3 Å². The number of nitrogens with two attached hydrogens (primary N) is 7. The van der Waals surface area contributed by atoms with Gasteiger partial charge in [-0.1, -0.05) is 64.4 Å². The molecule has 0 saturated carbocycles. The zero-order chi connectivity index (χ0) is 45.5. The van der Waals surface area contributed by atoms with Crippen LogP contribution in [-0.4, -0.2) is 131 Å². The van der Waals surface area contributed by atoms with Gasteiger partial charge < -0.3 is 81.0 Å². The van der Waals surface area contributed by atoms with Crippen LogP contribution in [0.3, 0.4) is 0 Å². The van der Waals surface area contributed by atoms with Crippen molar-refractivity contribution < 1.29 is 79.2 Å². The van der Waals surface area contributed by atoms with Gasteiger partial charge >= 0.3 is 41.8 Å². The number of primary amides is 1. The number of benzene rings is 1. The lowest BCUT2D eigenvalue weighted by atomic mass is 10.0. The first-order chi connectivity index (χ1) is 25.5. The average molecular weight is 812 g/mol. The lowest BCUT2D eigenvalue weighted by molar-refractivity contribution is -0.144. The Hall–Kier alpha value is -5.30. The van der Waals surface area contributed by atoms with E-state index >= 15 is 0 Å². The molecule has 1 aromatic carbocycles. The molecule has 0 aliphatic rings. The van der Waals surface area contributed by atoms with Gasteiger partial charge in [-0.25, -0.2) is 0 Å². The third kappa shape index (κ3) is 38.4. The molecule has 0 spiro atoms. The zero-order valence-electron chi connectivity index (χ0n) is 32.0. The summed E-state index contributed by atoms with van der Waals surface area (Å²) >= 11 is 0. The van der Waals surface area contributed by atoms with Crippen molar-refractivity contribution in [2.75, 3.05) is 0 Å². The number of carboxylic acid groups (broad SMARTS) is 7. The first kappa shape index (κ1) is 60.0. The zero-order valence-corrected chi connectivity index (χ0v) is 32.0. The Morgan fingerprint density at radius 2 is 0.964 bits per heavy atom. The standard InChI is InChI=1S/C9H11NO2.C6H13NO2.C5H10N2O3.C5H11NO2.C4H7NO4.C4H9NO3/c10-8(9(11)12)6-7-4-2-1-3-5-7;1-3-4(2)5(7)6(8)9;6-3(5(9)10)1-2-4(7)8;1-3(2)4(6)5(7)8;5-2(4(8)9)1-3(6)7;1-2(6)3(5)4(7)8/h1-5,8H,6,10H2,(H,11,12);4-5H,3,7H2,1-2H3,(H,8,9);3H,1-2,6H2,(H2,7,8)(H,9,10);3-4H,6H2,1-2H3,(H,7,8);2H,1,5H2,(H,6,7)(H,8,9);2-3,6H,5H2,1H3,(H,7,8). The van der Waals surface area contributed by atoms with Gasteiger partial charge in [-0.15, -0.1) is 0 Å². The number of hydrogen-bond donors (Lipinski definition) is 15. The van der Waals surface area contributed by atoms with Gasteiger partial charge in [0, 0.05) is 6.42 Å². The topological polar surface area (TPSA) is 481 Å². The summed E-state index contributed by atoms with van der Waals surface area (Å²) in [5, 5.41) is 65.9. The van der Waals surface area contributed by atoms with E-state index in [0.29, 0.717) is 6.42 Å². The van der Waals surface area contributed by atoms with E-state index in [1.54, 1.807) is 13.8 Å². The molecule has 0 aliphatic carbocycles. The molecule has 0 heterocycles. The number of amides is 1. The van der Waals surface area contributed by atoms with E-state index in [2.05, 4.69) is 0 Å². The summed E-state index contributed by atoms with van der Waals surface area (Å²) in [4.78, 5) is 80.2. The summed E-state index contributed by atoms with van der Waals surface area (Å²) in [5.74, 6) is -8.03. The van der Waals surface area contributed by atoms with E-state index in [9.17, 15) is 38.4 Å². The maximum absolute atomic E-state index is 10.4. The highest BCUT2D eigenvalue weighted by molar-refractivity contribution is 5.80. The molecule has 1 amide bonds. The van der Waals surface area contributed by atoms with Crippen LogP contribution in [-0.2, 0) is 44.8 Å². The third-order valence-corrected chi connectivity index (χ3v) is 6.70. The average Bonchev–Trinajstić information content (AvgIpc) is 3.10. The fraction of sp³-hybridized carbons (Fsp3) is 0.576. The molecule has 22 N–H and O–H groups in total. The van der Waals surface area contributed by atoms with E-state index in [-0.39, 0.29) is 24.7 Å². The minimum absolute atomic E-state index is 0.0208. The fourth-order valence-corrected chi connectivity index (χ4v) is 2.64. The van der Waals surface area contributed by atoms with Crippen molar-refractivity contribution in [3.63, 3.8) is 0 Å². The van der Waals surface area contributed by atoms with Crippen LogP contribution in [0.2, 0.25) is 0 Å². The molecule has 56 heavy (non-hydrogen) atoms. The molecule has 0 fully saturated rings. The fourth-order valence-electron chi connectivity index (χ4n) is 2.64. The van der Waals surface area contributed by atoms with Crippen LogP contribution < -0.4 is 40.1 Å². The largest absolute Gasteiger partial charge is 0.481 e. The summed E-state index contributed by atoms with van der Waals surface area (Å²) < 4.78 is 0. The Morgan fingerprint density at radius 1 is 0.571 bits per heavy atom. The molecule has 324 valence electrons. The second-order valence-electron chi connectivity index (χ2n) is 12.1. The maximum atomic E-state index is 10.4. The van der Waals surface area contributed by atoms with Gasteiger partial charge in [0.1, 0.15) is 36.3 Å². The molecule has 0 bridgehead atoms. The Balaban J connectivity index is -0.000000187. The first-order valence-corrected chi connectivity index (χ1v) is 16.6. The van der Waals surface area contributed by atoms with Gasteiger partial charge in [0.05, 0.1) is 12.5 Å². The number of aliphatic hydroxyl groups excluding tert-OH is 1. The molecule has 1 rings (SSSR count). The van der Waals surface area contributed by atoms with Crippen molar-refractivity contribution >= 4 is 47.7 Å². The van der Waals surface area contributed by atoms with Gasteiger partial charge in [-0.2, -0.15) is 0 Å². The molecule has 8 atom stereocenters. The van der Waals surface area contributed by atoms with Crippen LogP contribution in [0.25, 0.3) is 0 Å². The van der Waals surface area contributed by atoms with Crippen molar-refractivity contribution in [1.82, 2.24) is 0 Å². The molecular weight excluding hydrogens is 750 g/mol. The number of carboxylic acids is 7. The Kier molecular flexibility index (Phi) is 36.6. The Labute approximate surface area is 323 Å². The van der Waals surface area contributed by atoms with E-state index in [4.69, 9.17) is 81.0 Å². The number of aliphatic carboxylic acids is 7. The van der Waals surface area contributed by atoms with E-state index in [0.717, 1.165) is 12.0 Å². The summed E-state index contributed by atoms with van der Waals surface area (Å²) in [6.07, 6.45) is -0.190. The highest BCUT2D eigenvalue weighted by atomic mass is 16.4. The molecule has 23 nitrogen and oxygen atoms in total. The number of rotatable bonds is 17. The van der Waals surface area contributed by atoms with Crippen molar-refractivity contribution in [2.45, 2.75) is 109 Å². The van der Waals surface area contributed by atoms with Gasteiger partial charge in [0.15, 0.2) is 0 Å². The number of carbonyl (C=O) groups is 8. The number of aliphatic hydroxyl groups is 1. The van der Waals surface area contributed by atoms with Crippen LogP contribution in [0.4, 0.5) is 0 Å². The SMILES string of the molecule is CC(C)C(N)C(=O)O.CC(O)C(N)C(=O)O.CCC(C)C(N)C(=O)O.NC(=O)CCC(N)C(=O)O.NC(CC(=O)O)C(=O)O.NC(Cc1ccccc1)C(=O)O. The van der Waals surface area contributed by atoms with E-state index in [1.165, 1.54) is 6.92 Å². The second kappa shape index (κ2) is 34.2. The summed E-state index contributed by atoms with van der Waals surface area (Å²) in [6.45, 7) is 8.64. The highest BCUT2D eigenvalue weighted by Gasteiger charge is 2.18. The maximum Gasteiger partial charge on any atom is 0.323 e. The third-order valence-electron chi connectivity index (χ3n) is 6.70. The van der Waals surface area contributed by atoms with Crippen molar-refractivity contribution in [3.8, 4) is 0 Å². The van der Waals surface area contributed by atoms with Crippen molar-refractivity contribution in [3.05, 3.63) is 35.9 Å². The van der Waals surface area contributed by atoms with Crippen LogP contribution in [0.5, 0.6) is 0 Å². The molecule has 1 aromatic rings. The predicted molar refractivity (Wildman–Crippen MR) is 200 cm³/mol. The molecule has 0 aliphatic heterocycles. The normalized spacial score (nSPS) is 14.1. The first-order valence-electron chi connectivity index (χ1n) is 16.6. The second-order valence-corrected chi connectivity index (χ2v) is 12.1. The Bertz CT molecular complexity index is 1300. The van der Waals surface area contributed by atoms with Gasteiger partial charge in [-0.3, -0.25) is 38.4 Å². The quantitative estimate of drug-likeness (QED) is 0.0770. The lowest BCUT2D eigenvalue weighted by Gasteiger charge is -2.11. The molecule has 23 heteroatoms. The number of carbonyl (C=O) groups excluding carboxylic acids is 1. The summed E-state index contributed by atoms with van der Waals surface area (Å²) in [5.41, 5.74) is 36.3. The summed E-state index contributed by atoms with van der Waals surface area (Å²) in [7, 11) is 0. The van der Waals surface area contributed by atoms with E-state index < -0.39 is 96.5 Å². The van der Waals surface area contributed by atoms with Crippen molar-refractivity contribution in [1.29, 1.82) is 0 Å². The smallest absolute Gasteiger partial charge is 0.323 e. The van der Waals surface area contributed by atoms with Gasteiger partial charge in [0.2, 0.25) is 5.91 Å². The summed E-state index contributed by atoms with van der Waals surface area (Å²) in [6, 6.07) is 3.71.